The topological polar surface area (TPSA) is 97.6 Å². The number of piperazine rings is 1. The first-order valence-electron chi connectivity index (χ1n) is 12.0. The Kier molecular flexibility index (Phi) is 5.97. The number of benzene rings is 2. The maximum atomic E-state index is 13.8. The molecule has 5 rings (SSSR count). The largest absolute Gasteiger partial charge is 0.378 e. The number of pyridine rings is 1. The van der Waals surface area contributed by atoms with Gasteiger partial charge in [-0.2, -0.15) is 9.57 Å². The highest BCUT2D eigenvalue weighted by Crippen LogP contribution is 2.48. The number of anilines is 1. The smallest absolute Gasteiger partial charge is 0.256 e. The molecule has 36 heavy (non-hydrogen) atoms. The van der Waals surface area contributed by atoms with Gasteiger partial charge >= 0.3 is 0 Å². The van der Waals surface area contributed by atoms with Gasteiger partial charge in [0.15, 0.2) is 0 Å². The summed E-state index contributed by atoms with van der Waals surface area (Å²) in [5, 5.41) is 10.5. The average Bonchev–Trinajstić information content (AvgIpc) is 3.68. The van der Waals surface area contributed by atoms with Crippen molar-refractivity contribution in [1.29, 1.82) is 5.26 Å². The van der Waals surface area contributed by atoms with E-state index in [9.17, 15) is 18.5 Å². The van der Waals surface area contributed by atoms with E-state index in [1.54, 1.807) is 11.1 Å². The van der Waals surface area contributed by atoms with Crippen molar-refractivity contribution < 1.29 is 13.2 Å². The third-order valence-corrected chi connectivity index (χ3v) is 8.59. The molecule has 186 valence electrons. The number of fused-ring (bicyclic) bond motifs is 1. The molecule has 2 aromatic carbocycles. The number of rotatable bonds is 5. The van der Waals surface area contributed by atoms with Crippen LogP contribution in [0, 0.1) is 11.3 Å². The van der Waals surface area contributed by atoms with Gasteiger partial charge in [-0.3, -0.25) is 9.78 Å². The van der Waals surface area contributed by atoms with Gasteiger partial charge in [0.2, 0.25) is 10.0 Å². The fraction of sp³-hybridized carbons (Fsp3) is 0.370. The fourth-order valence-electron chi connectivity index (χ4n) is 4.87. The predicted octanol–water partition coefficient (Wildman–Crippen LogP) is 3.24. The summed E-state index contributed by atoms with van der Waals surface area (Å²) in [5.41, 5.74) is 4.58. The Labute approximate surface area is 211 Å². The van der Waals surface area contributed by atoms with Gasteiger partial charge in [0.1, 0.15) is 0 Å². The van der Waals surface area contributed by atoms with Crippen LogP contribution in [0.1, 0.15) is 28.8 Å². The molecule has 2 aliphatic rings. The number of hydrogen-bond donors (Lipinski definition) is 0. The molecule has 8 nitrogen and oxygen atoms in total. The Morgan fingerprint density at radius 1 is 1.06 bits per heavy atom. The van der Waals surface area contributed by atoms with Crippen molar-refractivity contribution in [3.63, 3.8) is 0 Å². The molecule has 9 heteroatoms. The molecule has 0 atom stereocenters. The normalized spacial score (nSPS) is 17.6. The van der Waals surface area contributed by atoms with E-state index in [4.69, 9.17) is 0 Å². The maximum Gasteiger partial charge on any atom is 0.256 e. The summed E-state index contributed by atoms with van der Waals surface area (Å²) < 4.78 is 25.2. The molecule has 1 amide bonds. The van der Waals surface area contributed by atoms with E-state index in [1.165, 1.54) is 10.6 Å². The average molecular weight is 504 g/mol. The van der Waals surface area contributed by atoms with Crippen LogP contribution in [0.25, 0.3) is 22.0 Å². The lowest BCUT2D eigenvalue weighted by atomic mass is 9.91. The number of sulfonamides is 1. The molecule has 0 radical (unpaired) electrons. The third kappa shape index (κ3) is 4.31. The lowest BCUT2D eigenvalue weighted by molar-refractivity contribution is 0.0699. The maximum absolute atomic E-state index is 13.8. The molecule has 1 aliphatic carbocycles. The van der Waals surface area contributed by atoms with Crippen molar-refractivity contribution in [3.8, 4) is 17.2 Å². The molecule has 0 unspecified atom stereocenters. The van der Waals surface area contributed by atoms with Crippen LogP contribution in [-0.4, -0.2) is 75.0 Å². The van der Waals surface area contributed by atoms with E-state index < -0.39 is 10.0 Å². The molecular formula is C27H29N5O3S. The summed E-state index contributed by atoms with van der Waals surface area (Å²) in [4.78, 5) is 22.1. The molecule has 0 spiro atoms. The predicted molar refractivity (Wildman–Crippen MR) is 140 cm³/mol. The van der Waals surface area contributed by atoms with E-state index in [1.807, 2.05) is 61.5 Å². The molecule has 1 aromatic heterocycles. The molecule has 1 saturated heterocycles. The van der Waals surface area contributed by atoms with E-state index in [0.29, 0.717) is 18.7 Å². The first-order valence-corrected chi connectivity index (χ1v) is 13.8. The van der Waals surface area contributed by atoms with Crippen molar-refractivity contribution >= 4 is 32.5 Å². The second-order valence-corrected chi connectivity index (χ2v) is 11.9. The SMILES string of the molecule is CN(C)c1ccc2ncc(C(=O)N3CCN(S(C)(=O)=O)CC3)c(-c3ccc(C4(C#N)CC4)cc3)c2c1. The van der Waals surface area contributed by atoms with Crippen LogP contribution in [0.3, 0.4) is 0 Å². The molecular weight excluding hydrogens is 474 g/mol. The number of nitrogens with zero attached hydrogens (tertiary/aromatic N) is 5. The van der Waals surface area contributed by atoms with Crippen LogP contribution >= 0.6 is 0 Å². The van der Waals surface area contributed by atoms with Crippen LogP contribution in [0.15, 0.2) is 48.7 Å². The van der Waals surface area contributed by atoms with Gasteiger partial charge in [-0.15, -0.1) is 0 Å². The zero-order chi connectivity index (χ0) is 25.7. The van der Waals surface area contributed by atoms with Crippen LogP contribution in [-0.2, 0) is 15.4 Å². The van der Waals surface area contributed by atoms with Gasteiger partial charge in [0.05, 0.1) is 28.8 Å². The van der Waals surface area contributed by atoms with Crippen LogP contribution in [0.5, 0.6) is 0 Å². The van der Waals surface area contributed by atoms with E-state index >= 15 is 0 Å². The van der Waals surface area contributed by atoms with E-state index in [2.05, 4.69) is 11.1 Å². The summed E-state index contributed by atoms with van der Waals surface area (Å²) in [7, 11) is 0.647. The summed E-state index contributed by atoms with van der Waals surface area (Å²) >= 11 is 0. The van der Waals surface area contributed by atoms with Crippen molar-refractivity contribution in [2.24, 2.45) is 0 Å². The van der Waals surface area contributed by atoms with E-state index in [0.717, 1.165) is 46.1 Å². The summed E-state index contributed by atoms with van der Waals surface area (Å²) in [5.74, 6) is -0.164. The van der Waals surface area contributed by atoms with Gasteiger partial charge in [-0.05, 0) is 42.2 Å². The van der Waals surface area contributed by atoms with Gasteiger partial charge in [-0.1, -0.05) is 24.3 Å². The summed E-state index contributed by atoms with van der Waals surface area (Å²) in [6.45, 7) is 1.20. The summed E-state index contributed by atoms with van der Waals surface area (Å²) in [6, 6.07) is 16.4. The van der Waals surface area contributed by atoms with Gasteiger partial charge in [0, 0.05) is 63.1 Å². The van der Waals surface area contributed by atoms with Crippen LogP contribution in [0.4, 0.5) is 5.69 Å². The number of nitriles is 1. The molecule has 2 fully saturated rings. The highest BCUT2D eigenvalue weighted by atomic mass is 32.2. The quantitative estimate of drug-likeness (QED) is 0.530. The second kappa shape index (κ2) is 8.87. The lowest BCUT2D eigenvalue weighted by Gasteiger charge is -2.33. The van der Waals surface area contributed by atoms with Gasteiger partial charge in [-0.25, -0.2) is 8.42 Å². The molecule has 1 aliphatic heterocycles. The zero-order valence-corrected chi connectivity index (χ0v) is 21.5. The van der Waals surface area contributed by atoms with Crippen LogP contribution in [0.2, 0.25) is 0 Å². The number of hydrogen-bond acceptors (Lipinski definition) is 6. The third-order valence-electron chi connectivity index (χ3n) is 7.28. The molecule has 0 bridgehead atoms. The van der Waals surface area contributed by atoms with E-state index in [-0.39, 0.29) is 24.4 Å². The number of carbonyl (C=O) groups is 1. The fourth-order valence-corrected chi connectivity index (χ4v) is 5.70. The zero-order valence-electron chi connectivity index (χ0n) is 20.7. The Morgan fingerprint density at radius 2 is 1.72 bits per heavy atom. The van der Waals surface area contributed by atoms with Gasteiger partial charge in [0.25, 0.3) is 5.91 Å². The number of aromatic nitrogens is 1. The van der Waals surface area contributed by atoms with Gasteiger partial charge < -0.3 is 9.80 Å². The Morgan fingerprint density at radius 3 is 2.28 bits per heavy atom. The molecule has 1 saturated carbocycles. The van der Waals surface area contributed by atoms with Crippen molar-refractivity contribution in [2.75, 3.05) is 51.4 Å². The van der Waals surface area contributed by atoms with Crippen molar-refractivity contribution in [2.45, 2.75) is 18.3 Å². The summed E-state index contributed by atoms with van der Waals surface area (Å²) in [6.07, 6.45) is 4.57. The first-order chi connectivity index (χ1) is 17.1. The highest BCUT2D eigenvalue weighted by molar-refractivity contribution is 7.88. The standard InChI is InChI=1S/C27H29N5O3S/c1-30(2)21-8-9-24-22(16-21)25(19-4-6-20(7-5-19)27(18-28)10-11-27)23(17-29-24)26(33)31-12-14-32(15-13-31)36(3,34)35/h4-9,16-17H,10-15H2,1-3H3. The molecule has 2 heterocycles. The minimum atomic E-state index is -3.29. The minimum absolute atomic E-state index is 0.164. The van der Waals surface area contributed by atoms with Crippen molar-refractivity contribution in [1.82, 2.24) is 14.2 Å². The second-order valence-electron chi connectivity index (χ2n) is 9.87. The minimum Gasteiger partial charge on any atom is -0.378 e. The lowest BCUT2D eigenvalue weighted by Crippen LogP contribution is -2.50. The number of carbonyl (C=O) groups excluding carboxylic acids is 1. The number of amides is 1. The Hall–Kier alpha value is -3.48. The first kappa shape index (κ1) is 24.2. The Bertz CT molecular complexity index is 1480. The highest BCUT2D eigenvalue weighted by Gasteiger charge is 2.44. The monoisotopic (exact) mass is 503 g/mol. The molecule has 3 aromatic rings. The van der Waals surface area contributed by atoms with Crippen molar-refractivity contribution in [3.05, 3.63) is 59.8 Å². The molecule has 0 N–H and O–H groups in total. The Balaban J connectivity index is 1.59. The van der Waals surface area contributed by atoms with Crippen LogP contribution < -0.4 is 4.90 Å².